The number of fused-ring (bicyclic) bond motifs is 1. The third kappa shape index (κ3) is 4.40. The lowest BCUT2D eigenvalue weighted by Crippen LogP contribution is -2.38. The molecule has 1 fully saturated rings. The summed E-state index contributed by atoms with van der Waals surface area (Å²) in [6.07, 6.45) is 5.64. The highest BCUT2D eigenvalue weighted by Gasteiger charge is 2.23. The molecule has 0 aliphatic heterocycles. The van der Waals surface area contributed by atoms with Crippen molar-refractivity contribution in [2.75, 3.05) is 5.32 Å². The lowest BCUT2D eigenvalue weighted by Gasteiger charge is -2.25. The predicted molar refractivity (Wildman–Crippen MR) is 107 cm³/mol. The van der Waals surface area contributed by atoms with Crippen LogP contribution in [0.3, 0.4) is 0 Å². The molecule has 4 rings (SSSR count). The van der Waals surface area contributed by atoms with Crippen LogP contribution >= 0.6 is 0 Å². The number of aromatic nitrogens is 3. The SMILES string of the molecule is C[C@@H](Nc1ccn2ncc(C(=O)NC3CCC(O)CC3)c2n1)c1cc(F)cc(F)c1. The summed E-state index contributed by atoms with van der Waals surface area (Å²) < 4.78 is 28.5. The molecule has 0 unspecified atom stereocenters. The number of carbonyl (C=O) groups excluding carboxylic acids is 1. The molecule has 158 valence electrons. The van der Waals surface area contributed by atoms with Gasteiger partial charge in [-0.1, -0.05) is 0 Å². The van der Waals surface area contributed by atoms with E-state index in [2.05, 4.69) is 20.7 Å². The first kappa shape index (κ1) is 20.2. The van der Waals surface area contributed by atoms with Crippen molar-refractivity contribution < 1.29 is 18.7 Å². The van der Waals surface area contributed by atoms with Gasteiger partial charge in [0.25, 0.3) is 5.91 Å². The Bertz CT molecular complexity index is 1040. The normalized spacial score (nSPS) is 20.1. The van der Waals surface area contributed by atoms with Crippen LogP contribution in [0, 0.1) is 11.6 Å². The summed E-state index contributed by atoms with van der Waals surface area (Å²) in [4.78, 5) is 17.2. The van der Waals surface area contributed by atoms with Crippen molar-refractivity contribution in [1.82, 2.24) is 19.9 Å². The van der Waals surface area contributed by atoms with Gasteiger partial charge in [0.05, 0.1) is 18.3 Å². The van der Waals surface area contributed by atoms with Crippen molar-refractivity contribution >= 4 is 17.4 Å². The summed E-state index contributed by atoms with van der Waals surface area (Å²) in [7, 11) is 0. The highest BCUT2D eigenvalue weighted by molar-refractivity contribution is 5.99. The predicted octanol–water partition coefficient (Wildman–Crippen LogP) is 3.21. The minimum absolute atomic E-state index is 0.0139. The lowest BCUT2D eigenvalue weighted by atomic mass is 9.93. The molecule has 1 aliphatic rings. The molecule has 1 atom stereocenters. The Kier molecular flexibility index (Phi) is 5.63. The van der Waals surface area contributed by atoms with Crippen LogP contribution in [0.4, 0.5) is 14.6 Å². The molecule has 1 amide bonds. The van der Waals surface area contributed by atoms with Gasteiger partial charge >= 0.3 is 0 Å². The van der Waals surface area contributed by atoms with Crippen LogP contribution in [-0.4, -0.2) is 37.8 Å². The molecule has 3 aromatic rings. The first-order valence-corrected chi connectivity index (χ1v) is 9.95. The zero-order valence-electron chi connectivity index (χ0n) is 16.5. The van der Waals surface area contributed by atoms with Crippen molar-refractivity contribution in [3.05, 3.63) is 59.4 Å². The van der Waals surface area contributed by atoms with Crippen LogP contribution in [0.15, 0.2) is 36.7 Å². The van der Waals surface area contributed by atoms with Crippen molar-refractivity contribution in [2.24, 2.45) is 0 Å². The van der Waals surface area contributed by atoms with E-state index in [0.717, 1.165) is 18.9 Å². The third-order valence-electron chi connectivity index (χ3n) is 5.39. The molecule has 1 aliphatic carbocycles. The quantitative estimate of drug-likeness (QED) is 0.595. The number of aliphatic hydroxyl groups is 1. The molecule has 3 N–H and O–H groups in total. The summed E-state index contributed by atoms with van der Waals surface area (Å²) in [5, 5.41) is 19.9. The van der Waals surface area contributed by atoms with Crippen molar-refractivity contribution in [3.63, 3.8) is 0 Å². The summed E-state index contributed by atoms with van der Waals surface area (Å²) in [5.74, 6) is -1.11. The van der Waals surface area contributed by atoms with Crippen molar-refractivity contribution in [2.45, 2.75) is 50.8 Å². The summed E-state index contributed by atoms with van der Waals surface area (Å²) >= 11 is 0. The molecule has 30 heavy (non-hydrogen) atoms. The van der Waals surface area contributed by atoms with Crippen LogP contribution in [0.1, 0.15) is 54.6 Å². The zero-order valence-corrected chi connectivity index (χ0v) is 16.5. The number of aliphatic hydroxyl groups excluding tert-OH is 1. The topological polar surface area (TPSA) is 91.5 Å². The van der Waals surface area contributed by atoms with Gasteiger partial charge in [-0.3, -0.25) is 4.79 Å². The van der Waals surface area contributed by atoms with E-state index in [1.807, 2.05) is 0 Å². The second-order valence-electron chi connectivity index (χ2n) is 7.69. The van der Waals surface area contributed by atoms with E-state index in [4.69, 9.17) is 0 Å². The second-order valence-corrected chi connectivity index (χ2v) is 7.69. The fourth-order valence-corrected chi connectivity index (χ4v) is 3.72. The van der Waals surface area contributed by atoms with E-state index in [0.29, 0.717) is 35.4 Å². The Morgan fingerprint density at radius 1 is 1.20 bits per heavy atom. The zero-order chi connectivity index (χ0) is 21.3. The summed E-state index contributed by atoms with van der Waals surface area (Å²) in [6.45, 7) is 1.77. The van der Waals surface area contributed by atoms with Gasteiger partial charge in [-0.25, -0.2) is 18.3 Å². The molecule has 1 saturated carbocycles. The third-order valence-corrected chi connectivity index (χ3v) is 5.39. The number of amides is 1. The molecule has 9 heteroatoms. The molecule has 0 bridgehead atoms. The van der Waals surface area contributed by atoms with E-state index < -0.39 is 17.7 Å². The largest absolute Gasteiger partial charge is 0.393 e. The first-order valence-electron chi connectivity index (χ1n) is 9.95. The van der Waals surface area contributed by atoms with E-state index in [1.165, 1.54) is 22.8 Å². The van der Waals surface area contributed by atoms with Crippen LogP contribution in [0.5, 0.6) is 0 Å². The molecule has 1 aromatic carbocycles. The van der Waals surface area contributed by atoms with Crippen molar-refractivity contribution in [1.29, 1.82) is 0 Å². The van der Waals surface area contributed by atoms with Crippen LogP contribution in [-0.2, 0) is 0 Å². The number of nitrogens with one attached hydrogen (secondary N) is 2. The number of nitrogens with zero attached hydrogens (tertiary/aromatic N) is 3. The minimum Gasteiger partial charge on any atom is -0.393 e. The van der Waals surface area contributed by atoms with Gasteiger partial charge in [-0.15, -0.1) is 0 Å². The van der Waals surface area contributed by atoms with Gasteiger partial charge in [0.15, 0.2) is 5.65 Å². The van der Waals surface area contributed by atoms with Crippen LogP contribution in [0.25, 0.3) is 5.65 Å². The fraction of sp³-hybridized carbons (Fsp3) is 0.381. The monoisotopic (exact) mass is 415 g/mol. The van der Waals surface area contributed by atoms with E-state index in [-0.39, 0.29) is 18.1 Å². The highest BCUT2D eigenvalue weighted by atomic mass is 19.1. The average molecular weight is 415 g/mol. The van der Waals surface area contributed by atoms with Gasteiger partial charge < -0.3 is 15.7 Å². The number of carbonyl (C=O) groups is 1. The first-order chi connectivity index (χ1) is 14.4. The number of halogens is 2. The number of hydrogen-bond acceptors (Lipinski definition) is 5. The van der Waals surface area contributed by atoms with E-state index in [1.54, 1.807) is 19.2 Å². The van der Waals surface area contributed by atoms with Gasteiger partial charge in [0, 0.05) is 18.3 Å². The van der Waals surface area contributed by atoms with Gasteiger partial charge in [0.1, 0.15) is 23.0 Å². The number of rotatable bonds is 5. The molecule has 0 saturated heterocycles. The number of benzene rings is 1. The maximum Gasteiger partial charge on any atom is 0.256 e. The Hall–Kier alpha value is -3.07. The maximum atomic E-state index is 13.5. The molecule has 0 spiro atoms. The van der Waals surface area contributed by atoms with Gasteiger partial charge in [0.2, 0.25) is 0 Å². The Balaban J connectivity index is 1.51. The van der Waals surface area contributed by atoms with Gasteiger partial charge in [-0.2, -0.15) is 5.10 Å². The fourth-order valence-electron chi connectivity index (χ4n) is 3.72. The molecule has 2 aromatic heterocycles. The van der Waals surface area contributed by atoms with Crippen LogP contribution < -0.4 is 10.6 Å². The molecular weight excluding hydrogens is 392 g/mol. The van der Waals surface area contributed by atoms with Crippen LogP contribution in [0.2, 0.25) is 0 Å². The lowest BCUT2D eigenvalue weighted by molar-refractivity contribution is 0.0869. The average Bonchev–Trinajstić information content (AvgIpc) is 3.12. The maximum absolute atomic E-state index is 13.5. The Morgan fingerprint density at radius 2 is 1.90 bits per heavy atom. The van der Waals surface area contributed by atoms with E-state index >= 15 is 0 Å². The molecule has 2 heterocycles. The van der Waals surface area contributed by atoms with Gasteiger partial charge in [-0.05, 0) is 56.4 Å². The van der Waals surface area contributed by atoms with Crippen molar-refractivity contribution in [3.8, 4) is 0 Å². The summed E-state index contributed by atoms with van der Waals surface area (Å²) in [6, 6.07) is 4.64. The molecular formula is C21H23F2N5O2. The molecule has 7 nitrogen and oxygen atoms in total. The molecule has 0 radical (unpaired) electrons. The minimum atomic E-state index is -0.646. The number of hydrogen-bond donors (Lipinski definition) is 3. The Morgan fingerprint density at radius 3 is 2.60 bits per heavy atom. The highest BCUT2D eigenvalue weighted by Crippen LogP contribution is 2.22. The van der Waals surface area contributed by atoms with E-state index in [9.17, 15) is 18.7 Å². The standard InChI is InChI=1S/C21H23F2N5O2/c1-12(13-8-14(22)10-15(23)9-13)25-19-6-7-28-20(27-19)18(11-24-28)21(30)26-16-2-4-17(29)5-3-16/h6-12,16-17,29H,2-5H2,1H3,(H,25,27)(H,26,30)/t12-,16?,17?/m1/s1. The Labute approximate surface area is 172 Å². The smallest absolute Gasteiger partial charge is 0.256 e. The summed E-state index contributed by atoms with van der Waals surface area (Å²) in [5.41, 5.74) is 1.17. The number of anilines is 1. The second kappa shape index (κ2) is 8.35.